The van der Waals surface area contributed by atoms with E-state index in [1.165, 1.54) is 6.07 Å². The molecule has 0 amide bonds. The summed E-state index contributed by atoms with van der Waals surface area (Å²) in [6.07, 6.45) is 1.09. The van der Waals surface area contributed by atoms with Crippen LogP contribution in [0.5, 0.6) is 5.75 Å². The summed E-state index contributed by atoms with van der Waals surface area (Å²) in [4.78, 5) is 18.5. The number of ether oxygens (including phenoxy) is 1. The van der Waals surface area contributed by atoms with Crippen molar-refractivity contribution in [3.8, 4) is 5.75 Å². The molecular weight excluding hydrogens is 341 g/mol. The lowest BCUT2D eigenvalue weighted by Crippen LogP contribution is -2.17. The smallest absolute Gasteiger partial charge is 0.325 e. The largest absolute Gasteiger partial charge is 0.497 e. The molecule has 2 aromatic heterocycles. The van der Waals surface area contributed by atoms with E-state index in [-0.39, 0.29) is 11.5 Å². The van der Waals surface area contributed by atoms with Crippen molar-refractivity contribution in [1.29, 1.82) is 0 Å². The summed E-state index contributed by atoms with van der Waals surface area (Å²) in [6, 6.07) is 8.63. The molecule has 0 spiro atoms. The molecule has 0 atom stereocenters. The molecule has 3 N–H and O–H groups in total. The van der Waals surface area contributed by atoms with E-state index < -0.39 is 18.3 Å². The Hall–Kier alpha value is -3.49. The summed E-state index contributed by atoms with van der Waals surface area (Å²) in [6.45, 7) is -0.132. The Morgan fingerprint density at radius 3 is 2.77 bits per heavy atom. The number of nitrogens with zero attached hydrogens (tertiary/aromatic N) is 4. The van der Waals surface area contributed by atoms with E-state index in [0.717, 1.165) is 17.5 Å². The Morgan fingerprint density at radius 1 is 1.38 bits per heavy atom. The lowest BCUT2D eigenvalue weighted by molar-refractivity contribution is -0.135. The second kappa shape index (κ2) is 7.18. The van der Waals surface area contributed by atoms with Gasteiger partial charge in [0.1, 0.15) is 29.6 Å². The van der Waals surface area contributed by atoms with Crippen LogP contribution < -0.4 is 10.5 Å². The standard InChI is InChI=1S/C17H16FN5O3/c1-26-12-4-2-10(3-5-12)9-23-17-13(6-11(18)7-21-17)15(22-23)16(19)20-8-14(24)25/h2-7H,8-9H2,1H3,(H2,19,20)(H,24,25). The van der Waals surface area contributed by atoms with Crippen molar-refractivity contribution in [3.05, 3.63) is 53.6 Å². The van der Waals surface area contributed by atoms with E-state index in [0.29, 0.717) is 17.6 Å². The van der Waals surface area contributed by atoms with Crippen LogP contribution in [0.25, 0.3) is 11.0 Å². The Kier molecular flexibility index (Phi) is 4.78. The number of methoxy groups -OCH3 is 1. The third-order valence-corrected chi connectivity index (χ3v) is 3.67. The van der Waals surface area contributed by atoms with E-state index in [4.69, 9.17) is 15.6 Å². The molecule has 0 saturated heterocycles. The highest BCUT2D eigenvalue weighted by atomic mass is 19.1. The van der Waals surface area contributed by atoms with E-state index in [1.54, 1.807) is 11.8 Å². The second-order valence-electron chi connectivity index (χ2n) is 5.47. The SMILES string of the molecule is COc1ccc(Cn2nc(C(N)=NCC(=O)O)c3cc(F)cnc32)cc1. The number of fused-ring (bicyclic) bond motifs is 1. The number of hydrogen-bond donors (Lipinski definition) is 2. The molecule has 0 fully saturated rings. The number of hydrogen-bond acceptors (Lipinski definition) is 5. The lowest BCUT2D eigenvalue weighted by Gasteiger charge is -2.05. The number of aliphatic imine (C=N–C) groups is 1. The van der Waals surface area contributed by atoms with Crippen LogP contribution in [0.1, 0.15) is 11.3 Å². The molecule has 0 bridgehead atoms. The number of carboxylic acids is 1. The van der Waals surface area contributed by atoms with Gasteiger partial charge in [-0.05, 0) is 23.8 Å². The minimum Gasteiger partial charge on any atom is -0.497 e. The van der Waals surface area contributed by atoms with Gasteiger partial charge in [-0.15, -0.1) is 0 Å². The van der Waals surface area contributed by atoms with Crippen LogP contribution in [0.2, 0.25) is 0 Å². The van der Waals surface area contributed by atoms with Gasteiger partial charge in [0.15, 0.2) is 5.65 Å². The monoisotopic (exact) mass is 357 g/mol. The lowest BCUT2D eigenvalue weighted by atomic mass is 10.2. The van der Waals surface area contributed by atoms with Crippen molar-refractivity contribution >= 4 is 22.8 Å². The number of benzene rings is 1. The maximum absolute atomic E-state index is 13.6. The van der Waals surface area contributed by atoms with Crippen molar-refractivity contribution in [3.63, 3.8) is 0 Å². The van der Waals surface area contributed by atoms with Gasteiger partial charge in [0.2, 0.25) is 0 Å². The van der Waals surface area contributed by atoms with Gasteiger partial charge in [0.05, 0.1) is 25.2 Å². The molecule has 0 unspecified atom stereocenters. The zero-order chi connectivity index (χ0) is 18.7. The number of aromatic nitrogens is 3. The van der Waals surface area contributed by atoms with Crippen LogP contribution in [-0.2, 0) is 11.3 Å². The molecule has 2 heterocycles. The number of carboxylic acid groups (broad SMARTS) is 1. The average Bonchev–Trinajstić information content (AvgIpc) is 2.98. The molecule has 0 saturated carbocycles. The van der Waals surface area contributed by atoms with E-state index in [2.05, 4.69) is 15.1 Å². The molecule has 0 radical (unpaired) electrons. The van der Waals surface area contributed by atoms with Crippen molar-refractivity contribution in [2.45, 2.75) is 6.54 Å². The molecule has 8 nitrogen and oxygen atoms in total. The number of carbonyl (C=O) groups is 1. The van der Waals surface area contributed by atoms with Gasteiger partial charge >= 0.3 is 5.97 Å². The minimum atomic E-state index is -1.13. The molecule has 3 aromatic rings. The van der Waals surface area contributed by atoms with Crippen molar-refractivity contribution < 1.29 is 19.0 Å². The summed E-state index contributed by atoms with van der Waals surface area (Å²) in [5, 5.41) is 13.5. The van der Waals surface area contributed by atoms with E-state index in [9.17, 15) is 9.18 Å². The predicted octanol–water partition coefficient (Wildman–Crippen LogP) is 1.42. The van der Waals surface area contributed by atoms with Gasteiger partial charge < -0.3 is 15.6 Å². The highest BCUT2D eigenvalue weighted by molar-refractivity contribution is 6.06. The molecule has 134 valence electrons. The van der Waals surface area contributed by atoms with Crippen LogP contribution in [-0.4, -0.2) is 45.3 Å². The Balaban J connectivity index is 2.02. The first-order valence-electron chi connectivity index (χ1n) is 7.65. The fraction of sp³-hybridized carbons (Fsp3) is 0.176. The Labute approximate surface area is 147 Å². The third-order valence-electron chi connectivity index (χ3n) is 3.67. The predicted molar refractivity (Wildman–Crippen MR) is 92.8 cm³/mol. The Morgan fingerprint density at radius 2 is 2.12 bits per heavy atom. The van der Waals surface area contributed by atoms with E-state index >= 15 is 0 Å². The highest BCUT2D eigenvalue weighted by Crippen LogP contribution is 2.20. The second-order valence-corrected chi connectivity index (χ2v) is 5.47. The normalized spacial score (nSPS) is 11.7. The number of halogens is 1. The molecule has 26 heavy (non-hydrogen) atoms. The first kappa shape index (κ1) is 17.3. The van der Waals surface area contributed by atoms with Gasteiger partial charge in [-0.3, -0.25) is 9.79 Å². The van der Waals surface area contributed by atoms with Crippen LogP contribution >= 0.6 is 0 Å². The average molecular weight is 357 g/mol. The van der Waals surface area contributed by atoms with Crippen molar-refractivity contribution in [1.82, 2.24) is 14.8 Å². The van der Waals surface area contributed by atoms with Gasteiger partial charge in [-0.25, -0.2) is 14.1 Å². The number of amidine groups is 1. The van der Waals surface area contributed by atoms with Gasteiger partial charge in [-0.1, -0.05) is 12.1 Å². The molecule has 0 aliphatic heterocycles. The fourth-order valence-corrected chi connectivity index (χ4v) is 2.46. The minimum absolute atomic E-state index is 0.0849. The number of aliphatic carboxylic acids is 1. The summed E-state index contributed by atoms with van der Waals surface area (Å²) in [5.41, 5.74) is 7.39. The quantitative estimate of drug-likeness (QED) is 0.509. The molecular formula is C17H16FN5O3. The van der Waals surface area contributed by atoms with Gasteiger partial charge in [0, 0.05) is 0 Å². The topological polar surface area (TPSA) is 116 Å². The maximum atomic E-state index is 13.6. The van der Waals surface area contributed by atoms with Crippen LogP contribution in [0.4, 0.5) is 4.39 Å². The molecule has 1 aromatic carbocycles. The fourth-order valence-electron chi connectivity index (χ4n) is 2.46. The molecule has 0 aliphatic rings. The third kappa shape index (κ3) is 3.61. The number of rotatable bonds is 6. The molecule has 9 heteroatoms. The zero-order valence-corrected chi connectivity index (χ0v) is 13.9. The zero-order valence-electron chi connectivity index (χ0n) is 13.9. The van der Waals surface area contributed by atoms with Gasteiger partial charge in [0.25, 0.3) is 0 Å². The van der Waals surface area contributed by atoms with Crippen molar-refractivity contribution in [2.24, 2.45) is 10.7 Å². The Bertz CT molecular complexity index is 982. The number of nitrogens with two attached hydrogens (primary N) is 1. The van der Waals surface area contributed by atoms with Crippen LogP contribution in [0.3, 0.4) is 0 Å². The van der Waals surface area contributed by atoms with Gasteiger partial charge in [-0.2, -0.15) is 5.10 Å². The summed E-state index contributed by atoms with van der Waals surface area (Å²) in [5.74, 6) is -1.03. The highest BCUT2D eigenvalue weighted by Gasteiger charge is 2.16. The van der Waals surface area contributed by atoms with Crippen molar-refractivity contribution in [2.75, 3.05) is 13.7 Å². The first-order chi connectivity index (χ1) is 12.5. The first-order valence-corrected chi connectivity index (χ1v) is 7.65. The summed E-state index contributed by atoms with van der Waals surface area (Å²) in [7, 11) is 1.58. The summed E-state index contributed by atoms with van der Waals surface area (Å²) < 4.78 is 20.3. The van der Waals surface area contributed by atoms with Crippen LogP contribution in [0.15, 0.2) is 41.5 Å². The molecule has 0 aliphatic carbocycles. The number of pyridine rings is 1. The molecule has 3 rings (SSSR count). The maximum Gasteiger partial charge on any atom is 0.325 e. The van der Waals surface area contributed by atoms with E-state index in [1.807, 2.05) is 24.3 Å². The van der Waals surface area contributed by atoms with Crippen LogP contribution in [0, 0.1) is 5.82 Å². The summed E-state index contributed by atoms with van der Waals surface area (Å²) >= 11 is 0.